The lowest BCUT2D eigenvalue weighted by molar-refractivity contribution is 0.591. The number of fused-ring (bicyclic) bond motifs is 3. The van der Waals surface area contributed by atoms with Gasteiger partial charge in [0.05, 0.1) is 0 Å². The Balaban J connectivity index is 2.36. The number of hydrogen-bond donors (Lipinski definition) is 1. The third-order valence-corrected chi connectivity index (χ3v) is 4.10. The molecule has 0 aliphatic rings. The minimum Gasteiger partial charge on any atom is -0.354 e. The maximum Gasteiger partial charge on any atom is 0.0475 e. The van der Waals surface area contributed by atoms with Gasteiger partial charge in [0.2, 0.25) is 0 Å². The highest BCUT2D eigenvalue weighted by molar-refractivity contribution is 14.1. The molecule has 3 rings (SSSR count). The topological polar surface area (TPSA) is 15.8 Å². The van der Waals surface area contributed by atoms with E-state index in [1.165, 1.54) is 30.9 Å². The second-order valence-corrected chi connectivity index (χ2v) is 7.07. The van der Waals surface area contributed by atoms with Crippen LogP contribution in [0.15, 0.2) is 36.4 Å². The first-order valence-corrected chi connectivity index (χ1v) is 7.24. The molecular weight excluding hydrogens is 333 g/mol. The summed E-state index contributed by atoms with van der Waals surface area (Å²) in [6.45, 7) is 6.77. The zero-order valence-corrected chi connectivity index (χ0v) is 13.0. The Morgan fingerprint density at radius 3 is 2.39 bits per heavy atom. The number of aromatic nitrogens is 1. The van der Waals surface area contributed by atoms with Crippen LogP contribution in [0, 0.1) is 3.57 Å². The van der Waals surface area contributed by atoms with E-state index < -0.39 is 0 Å². The highest BCUT2D eigenvalue weighted by Gasteiger charge is 2.15. The number of aromatic amines is 1. The third-order valence-electron chi connectivity index (χ3n) is 3.43. The lowest BCUT2D eigenvalue weighted by atomic mass is 9.86. The number of nitrogens with one attached hydrogen (secondary N) is 1. The average molecular weight is 349 g/mol. The molecule has 0 aliphatic heterocycles. The SMILES string of the molecule is CC(C)(C)c1ccc2[nH]c3cc(I)ccc3c2c1. The summed E-state index contributed by atoms with van der Waals surface area (Å²) in [7, 11) is 0. The summed E-state index contributed by atoms with van der Waals surface area (Å²) < 4.78 is 1.27. The van der Waals surface area contributed by atoms with Gasteiger partial charge in [-0.15, -0.1) is 0 Å². The summed E-state index contributed by atoms with van der Waals surface area (Å²) in [4.78, 5) is 3.49. The van der Waals surface area contributed by atoms with Crippen molar-refractivity contribution in [2.75, 3.05) is 0 Å². The predicted molar refractivity (Wildman–Crippen MR) is 87.2 cm³/mol. The predicted octanol–water partition coefficient (Wildman–Crippen LogP) is 5.22. The fraction of sp³-hybridized carbons (Fsp3) is 0.250. The van der Waals surface area contributed by atoms with Crippen molar-refractivity contribution in [3.8, 4) is 0 Å². The van der Waals surface area contributed by atoms with Gasteiger partial charge < -0.3 is 4.98 Å². The van der Waals surface area contributed by atoms with E-state index in [0.29, 0.717) is 0 Å². The quantitative estimate of drug-likeness (QED) is 0.536. The van der Waals surface area contributed by atoms with Crippen LogP contribution in [0.1, 0.15) is 26.3 Å². The number of H-pyrrole nitrogens is 1. The summed E-state index contributed by atoms with van der Waals surface area (Å²) >= 11 is 2.35. The Labute approximate surface area is 121 Å². The van der Waals surface area contributed by atoms with Gasteiger partial charge in [0, 0.05) is 25.4 Å². The summed E-state index contributed by atoms with van der Waals surface area (Å²) in [5.41, 5.74) is 4.03. The molecule has 0 bridgehead atoms. The number of rotatable bonds is 0. The van der Waals surface area contributed by atoms with E-state index >= 15 is 0 Å². The highest BCUT2D eigenvalue weighted by atomic mass is 127. The molecular formula is C16H16IN. The zero-order valence-electron chi connectivity index (χ0n) is 10.8. The van der Waals surface area contributed by atoms with Gasteiger partial charge in [-0.3, -0.25) is 0 Å². The molecule has 0 atom stereocenters. The Bertz CT molecular complexity index is 732. The molecule has 0 aliphatic carbocycles. The van der Waals surface area contributed by atoms with Crippen molar-refractivity contribution in [2.24, 2.45) is 0 Å². The Hall–Kier alpha value is -1.03. The fourth-order valence-electron chi connectivity index (χ4n) is 2.34. The van der Waals surface area contributed by atoms with Gasteiger partial charge in [0.15, 0.2) is 0 Å². The van der Waals surface area contributed by atoms with Crippen molar-refractivity contribution >= 4 is 44.4 Å². The first kappa shape index (κ1) is 12.0. The van der Waals surface area contributed by atoms with Crippen LogP contribution in [0.5, 0.6) is 0 Å². The van der Waals surface area contributed by atoms with Crippen molar-refractivity contribution in [3.63, 3.8) is 0 Å². The standard InChI is InChI=1S/C16H16IN/c1-16(2,3)10-4-7-14-13(8-10)12-6-5-11(17)9-15(12)18-14/h4-9,18H,1-3H3. The van der Waals surface area contributed by atoms with E-state index in [-0.39, 0.29) is 5.41 Å². The van der Waals surface area contributed by atoms with Crippen molar-refractivity contribution in [1.82, 2.24) is 4.98 Å². The zero-order chi connectivity index (χ0) is 12.9. The Morgan fingerprint density at radius 2 is 1.67 bits per heavy atom. The van der Waals surface area contributed by atoms with Gasteiger partial charge in [-0.1, -0.05) is 32.9 Å². The monoisotopic (exact) mass is 349 g/mol. The van der Waals surface area contributed by atoms with Gasteiger partial charge in [-0.2, -0.15) is 0 Å². The lowest BCUT2D eigenvalue weighted by Crippen LogP contribution is -2.10. The second kappa shape index (κ2) is 3.98. The maximum atomic E-state index is 3.49. The van der Waals surface area contributed by atoms with E-state index in [2.05, 4.69) is 84.7 Å². The molecule has 0 amide bonds. The van der Waals surface area contributed by atoms with Crippen LogP contribution in [-0.2, 0) is 5.41 Å². The number of benzene rings is 2. The molecule has 0 saturated heterocycles. The van der Waals surface area contributed by atoms with E-state index in [1.54, 1.807) is 0 Å². The lowest BCUT2D eigenvalue weighted by Gasteiger charge is -2.18. The van der Waals surface area contributed by atoms with Crippen molar-refractivity contribution in [1.29, 1.82) is 0 Å². The average Bonchev–Trinajstić information content (AvgIpc) is 2.63. The van der Waals surface area contributed by atoms with Crippen LogP contribution in [0.3, 0.4) is 0 Å². The van der Waals surface area contributed by atoms with Gasteiger partial charge in [0.1, 0.15) is 0 Å². The highest BCUT2D eigenvalue weighted by Crippen LogP contribution is 2.31. The molecule has 1 heterocycles. The molecule has 2 aromatic carbocycles. The van der Waals surface area contributed by atoms with E-state index in [9.17, 15) is 0 Å². The van der Waals surface area contributed by atoms with Crippen LogP contribution >= 0.6 is 22.6 Å². The molecule has 92 valence electrons. The van der Waals surface area contributed by atoms with Crippen molar-refractivity contribution in [3.05, 3.63) is 45.5 Å². The second-order valence-electron chi connectivity index (χ2n) is 5.83. The molecule has 1 aromatic heterocycles. The minimum absolute atomic E-state index is 0.195. The Morgan fingerprint density at radius 1 is 0.889 bits per heavy atom. The van der Waals surface area contributed by atoms with Crippen LogP contribution < -0.4 is 0 Å². The van der Waals surface area contributed by atoms with Crippen LogP contribution in [-0.4, -0.2) is 4.98 Å². The molecule has 0 spiro atoms. The van der Waals surface area contributed by atoms with E-state index in [0.717, 1.165) is 0 Å². The van der Waals surface area contributed by atoms with Crippen molar-refractivity contribution < 1.29 is 0 Å². The van der Waals surface area contributed by atoms with E-state index in [1.807, 2.05) is 0 Å². The Kier molecular flexibility index (Phi) is 2.66. The van der Waals surface area contributed by atoms with Gasteiger partial charge in [-0.25, -0.2) is 0 Å². The van der Waals surface area contributed by atoms with E-state index in [4.69, 9.17) is 0 Å². The minimum atomic E-state index is 0.195. The molecule has 0 radical (unpaired) electrons. The van der Waals surface area contributed by atoms with Crippen LogP contribution in [0.2, 0.25) is 0 Å². The van der Waals surface area contributed by atoms with Crippen molar-refractivity contribution in [2.45, 2.75) is 26.2 Å². The first-order chi connectivity index (χ1) is 8.45. The molecule has 0 fully saturated rings. The van der Waals surface area contributed by atoms with Crippen LogP contribution in [0.4, 0.5) is 0 Å². The molecule has 3 aromatic rings. The number of halogens is 1. The normalized spacial score (nSPS) is 12.4. The molecule has 1 nitrogen and oxygen atoms in total. The summed E-state index contributed by atoms with van der Waals surface area (Å²) in [6, 6.07) is 13.3. The maximum absolute atomic E-state index is 3.49. The smallest absolute Gasteiger partial charge is 0.0475 e. The van der Waals surface area contributed by atoms with Gasteiger partial charge in [0.25, 0.3) is 0 Å². The first-order valence-electron chi connectivity index (χ1n) is 6.17. The summed E-state index contributed by atoms with van der Waals surface area (Å²) in [5, 5.41) is 2.64. The van der Waals surface area contributed by atoms with Crippen LogP contribution in [0.25, 0.3) is 21.8 Å². The number of hydrogen-bond acceptors (Lipinski definition) is 0. The largest absolute Gasteiger partial charge is 0.354 e. The fourth-order valence-corrected chi connectivity index (χ4v) is 2.83. The molecule has 18 heavy (non-hydrogen) atoms. The summed E-state index contributed by atoms with van der Waals surface area (Å²) in [5.74, 6) is 0. The molecule has 0 saturated carbocycles. The molecule has 2 heteroatoms. The van der Waals surface area contributed by atoms with Gasteiger partial charge >= 0.3 is 0 Å². The molecule has 1 N–H and O–H groups in total. The van der Waals surface area contributed by atoms with Gasteiger partial charge in [-0.05, 0) is 57.8 Å². The third kappa shape index (κ3) is 1.92. The summed E-state index contributed by atoms with van der Waals surface area (Å²) in [6.07, 6.45) is 0. The molecule has 0 unspecified atom stereocenters.